The Morgan fingerprint density at radius 1 is 1.30 bits per heavy atom. The molecule has 0 aliphatic heterocycles. The number of ether oxygens (including phenoxy) is 1. The van der Waals surface area contributed by atoms with E-state index in [1.165, 1.54) is 26.4 Å². The number of carbonyl (C=O) groups excluding carboxylic acids is 1. The lowest BCUT2D eigenvalue weighted by atomic mass is 9.73. The highest BCUT2D eigenvalue weighted by Crippen LogP contribution is 2.36. The molecule has 0 spiro atoms. The summed E-state index contributed by atoms with van der Waals surface area (Å²) in [4.78, 5) is 12.1. The number of methoxy groups -OCH3 is 1. The van der Waals surface area contributed by atoms with E-state index in [1.807, 2.05) is 30.3 Å². The van der Waals surface area contributed by atoms with E-state index in [0.29, 0.717) is 6.04 Å². The van der Waals surface area contributed by atoms with Crippen LogP contribution < -0.4 is 5.32 Å². The quantitative estimate of drug-likeness (QED) is 0.855. The molecule has 0 heterocycles. The predicted molar refractivity (Wildman–Crippen MR) is 80.4 cm³/mol. The third-order valence-electron chi connectivity index (χ3n) is 4.44. The summed E-state index contributed by atoms with van der Waals surface area (Å²) in [5.41, 5.74) is 1.19. The van der Waals surface area contributed by atoms with E-state index in [0.717, 1.165) is 12.0 Å². The Morgan fingerprint density at radius 2 is 2.00 bits per heavy atom. The van der Waals surface area contributed by atoms with Gasteiger partial charge in [0.1, 0.15) is 6.04 Å². The van der Waals surface area contributed by atoms with Gasteiger partial charge in [-0.25, -0.2) is 4.79 Å². The standard InChI is InChI=1S/C17H25NO2/c1-17(2)12-8-7-11-14(17)18-15(16(19)20-3)13-9-5-4-6-10-13/h4-6,9-10,14-15,18H,7-8,11-12H2,1-3H3. The van der Waals surface area contributed by atoms with Crippen molar-refractivity contribution in [2.24, 2.45) is 5.41 Å². The number of hydrogen-bond donors (Lipinski definition) is 1. The second-order valence-electron chi connectivity index (χ2n) is 6.32. The van der Waals surface area contributed by atoms with Gasteiger partial charge in [-0.2, -0.15) is 0 Å². The molecular formula is C17H25NO2. The molecule has 2 unspecified atom stereocenters. The Morgan fingerprint density at radius 3 is 2.60 bits per heavy atom. The summed E-state index contributed by atoms with van der Waals surface area (Å²) in [6.07, 6.45) is 4.82. The SMILES string of the molecule is COC(=O)C(NC1CCCCC1(C)C)c1ccccc1. The number of hydrogen-bond acceptors (Lipinski definition) is 3. The molecule has 0 radical (unpaired) electrons. The van der Waals surface area contributed by atoms with Gasteiger partial charge in [-0.05, 0) is 23.8 Å². The lowest BCUT2D eigenvalue weighted by Crippen LogP contribution is -2.47. The Bertz CT molecular complexity index is 442. The van der Waals surface area contributed by atoms with Crippen molar-refractivity contribution in [2.45, 2.75) is 51.6 Å². The summed E-state index contributed by atoms with van der Waals surface area (Å²) in [5.74, 6) is -0.211. The van der Waals surface area contributed by atoms with Crippen LogP contribution in [0.4, 0.5) is 0 Å². The zero-order valence-corrected chi connectivity index (χ0v) is 12.7. The molecule has 0 aromatic heterocycles. The van der Waals surface area contributed by atoms with Crippen molar-refractivity contribution < 1.29 is 9.53 Å². The van der Waals surface area contributed by atoms with Crippen LogP contribution >= 0.6 is 0 Å². The van der Waals surface area contributed by atoms with Gasteiger partial charge in [0, 0.05) is 6.04 Å². The fourth-order valence-corrected chi connectivity index (χ4v) is 3.07. The molecule has 1 saturated carbocycles. The zero-order valence-electron chi connectivity index (χ0n) is 12.7. The van der Waals surface area contributed by atoms with E-state index < -0.39 is 0 Å². The Kier molecular flexibility index (Phi) is 4.81. The van der Waals surface area contributed by atoms with E-state index >= 15 is 0 Å². The highest BCUT2D eigenvalue weighted by molar-refractivity contribution is 5.77. The maximum absolute atomic E-state index is 12.1. The molecule has 110 valence electrons. The molecule has 20 heavy (non-hydrogen) atoms. The van der Waals surface area contributed by atoms with Crippen LogP contribution in [-0.4, -0.2) is 19.1 Å². The largest absolute Gasteiger partial charge is 0.468 e. The van der Waals surface area contributed by atoms with E-state index in [-0.39, 0.29) is 17.4 Å². The predicted octanol–water partition coefficient (Wildman–Crippen LogP) is 3.46. The fourth-order valence-electron chi connectivity index (χ4n) is 3.07. The van der Waals surface area contributed by atoms with Gasteiger partial charge < -0.3 is 4.74 Å². The zero-order chi connectivity index (χ0) is 14.6. The second kappa shape index (κ2) is 6.40. The van der Waals surface area contributed by atoms with Crippen molar-refractivity contribution in [3.05, 3.63) is 35.9 Å². The Labute approximate surface area is 121 Å². The van der Waals surface area contributed by atoms with Gasteiger partial charge in [0.2, 0.25) is 0 Å². The summed E-state index contributed by atoms with van der Waals surface area (Å²) in [6.45, 7) is 4.56. The molecule has 1 aliphatic rings. The van der Waals surface area contributed by atoms with Gasteiger partial charge in [0.25, 0.3) is 0 Å². The third kappa shape index (κ3) is 3.40. The van der Waals surface area contributed by atoms with E-state index in [1.54, 1.807) is 0 Å². The number of rotatable bonds is 4. The van der Waals surface area contributed by atoms with Crippen LogP contribution in [0.15, 0.2) is 30.3 Å². The first-order chi connectivity index (χ1) is 9.54. The van der Waals surface area contributed by atoms with Gasteiger partial charge in [-0.3, -0.25) is 5.32 Å². The lowest BCUT2D eigenvalue weighted by molar-refractivity contribution is -0.144. The lowest BCUT2D eigenvalue weighted by Gasteiger charge is -2.40. The Hall–Kier alpha value is -1.35. The van der Waals surface area contributed by atoms with Crippen molar-refractivity contribution in [3.8, 4) is 0 Å². The first kappa shape index (κ1) is 15.0. The van der Waals surface area contributed by atoms with Crippen LogP contribution in [0, 0.1) is 5.41 Å². The molecular weight excluding hydrogens is 250 g/mol. The molecule has 1 N–H and O–H groups in total. The van der Waals surface area contributed by atoms with Crippen molar-refractivity contribution in [3.63, 3.8) is 0 Å². The van der Waals surface area contributed by atoms with Gasteiger partial charge in [0.05, 0.1) is 7.11 Å². The van der Waals surface area contributed by atoms with Crippen molar-refractivity contribution in [1.29, 1.82) is 0 Å². The smallest absolute Gasteiger partial charge is 0.327 e. The second-order valence-corrected chi connectivity index (χ2v) is 6.32. The molecule has 3 heteroatoms. The van der Waals surface area contributed by atoms with Crippen molar-refractivity contribution >= 4 is 5.97 Å². The molecule has 0 bridgehead atoms. The summed E-state index contributed by atoms with van der Waals surface area (Å²) < 4.78 is 4.98. The van der Waals surface area contributed by atoms with Crippen LogP contribution in [-0.2, 0) is 9.53 Å². The first-order valence-electron chi connectivity index (χ1n) is 7.43. The van der Waals surface area contributed by atoms with Crippen LogP contribution in [0.3, 0.4) is 0 Å². The van der Waals surface area contributed by atoms with E-state index in [2.05, 4.69) is 19.2 Å². The molecule has 1 aromatic carbocycles. The van der Waals surface area contributed by atoms with Crippen LogP contribution in [0.2, 0.25) is 0 Å². The first-order valence-corrected chi connectivity index (χ1v) is 7.43. The minimum Gasteiger partial charge on any atom is -0.468 e. The van der Waals surface area contributed by atoms with Crippen LogP contribution in [0.5, 0.6) is 0 Å². The third-order valence-corrected chi connectivity index (χ3v) is 4.44. The topological polar surface area (TPSA) is 38.3 Å². The van der Waals surface area contributed by atoms with E-state index in [9.17, 15) is 4.79 Å². The van der Waals surface area contributed by atoms with Gasteiger partial charge in [0.15, 0.2) is 0 Å². The molecule has 1 fully saturated rings. The van der Waals surface area contributed by atoms with Gasteiger partial charge >= 0.3 is 5.97 Å². The van der Waals surface area contributed by atoms with Gasteiger partial charge in [-0.15, -0.1) is 0 Å². The summed E-state index contributed by atoms with van der Waals surface area (Å²) in [7, 11) is 1.45. The molecule has 2 atom stereocenters. The molecule has 0 amide bonds. The molecule has 2 rings (SSSR count). The van der Waals surface area contributed by atoms with Crippen LogP contribution in [0.25, 0.3) is 0 Å². The average molecular weight is 275 g/mol. The fraction of sp³-hybridized carbons (Fsp3) is 0.588. The molecule has 1 aromatic rings. The maximum Gasteiger partial charge on any atom is 0.327 e. The highest BCUT2D eigenvalue weighted by Gasteiger charge is 2.35. The minimum atomic E-state index is -0.372. The molecule has 1 aliphatic carbocycles. The highest BCUT2D eigenvalue weighted by atomic mass is 16.5. The summed E-state index contributed by atoms with van der Waals surface area (Å²) >= 11 is 0. The number of benzene rings is 1. The maximum atomic E-state index is 12.1. The number of carbonyl (C=O) groups is 1. The van der Waals surface area contributed by atoms with Crippen molar-refractivity contribution in [2.75, 3.05) is 7.11 Å². The number of nitrogens with one attached hydrogen (secondary N) is 1. The minimum absolute atomic E-state index is 0.211. The normalized spacial score (nSPS) is 23.1. The monoisotopic (exact) mass is 275 g/mol. The van der Waals surface area contributed by atoms with E-state index in [4.69, 9.17) is 4.74 Å². The van der Waals surface area contributed by atoms with Crippen molar-refractivity contribution in [1.82, 2.24) is 5.32 Å². The van der Waals surface area contributed by atoms with Crippen LogP contribution in [0.1, 0.15) is 51.1 Å². The summed E-state index contributed by atoms with van der Waals surface area (Å²) in [6, 6.07) is 9.80. The average Bonchev–Trinajstić information content (AvgIpc) is 2.46. The Balaban J connectivity index is 2.18. The number of esters is 1. The molecule has 3 nitrogen and oxygen atoms in total. The summed E-state index contributed by atoms with van der Waals surface area (Å²) in [5, 5.41) is 3.54. The molecule has 0 saturated heterocycles. The van der Waals surface area contributed by atoms with Gasteiger partial charge in [-0.1, -0.05) is 57.0 Å².